The maximum atomic E-state index is 13.7. The van der Waals surface area contributed by atoms with E-state index in [1.807, 2.05) is 0 Å². The van der Waals surface area contributed by atoms with Gasteiger partial charge in [-0.1, -0.05) is 6.07 Å². The van der Waals surface area contributed by atoms with E-state index >= 15 is 0 Å². The number of halogens is 2. The van der Waals surface area contributed by atoms with E-state index in [1.165, 1.54) is 38.6 Å². The highest BCUT2D eigenvalue weighted by atomic mass is 19.3. The van der Waals surface area contributed by atoms with Crippen LogP contribution in [0.4, 0.5) is 14.6 Å². The predicted octanol–water partition coefficient (Wildman–Crippen LogP) is 1.57. The number of nitrogens with two attached hydrogens (primary N) is 1. The average Bonchev–Trinajstić information content (AvgIpc) is 2.68. The SMILES string of the molecule is CN=CC(C(=O)Nc1cccc(C(=N)N(C=N)C2CCC2(F)F)n1)=C(N)OC. The van der Waals surface area contributed by atoms with Crippen LogP contribution in [-0.4, -0.2) is 60.3 Å². The molecule has 1 heterocycles. The van der Waals surface area contributed by atoms with Crippen LogP contribution in [0.25, 0.3) is 0 Å². The molecule has 1 aliphatic rings. The maximum Gasteiger partial charge on any atom is 0.268 e. The monoisotopic (exact) mass is 393 g/mol. The smallest absolute Gasteiger partial charge is 0.268 e. The van der Waals surface area contributed by atoms with Crippen LogP contribution >= 0.6 is 0 Å². The third-order valence-electron chi connectivity index (χ3n) is 4.19. The average molecular weight is 393 g/mol. The molecule has 1 atom stereocenters. The number of methoxy groups -OCH3 is 1. The molecule has 1 aliphatic carbocycles. The van der Waals surface area contributed by atoms with Crippen LogP contribution in [0, 0.1) is 10.8 Å². The van der Waals surface area contributed by atoms with Gasteiger partial charge in [-0.25, -0.2) is 13.8 Å². The first-order chi connectivity index (χ1) is 13.2. The molecule has 0 saturated heterocycles. The fraction of sp³-hybridized carbons (Fsp3) is 0.353. The Kier molecular flexibility index (Phi) is 6.39. The minimum Gasteiger partial charge on any atom is -0.482 e. The molecule has 1 saturated carbocycles. The Morgan fingerprint density at radius 1 is 1.54 bits per heavy atom. The van der Waals surface area contributed by atoms with E-state index in [1.54, 1.807) is 0 Å². The molecule has 9 nitrogen and oxygen atoms in total. The van der Waals surface area contributed by atoms with Crippen LogP contribution < -0.4 is 11.1 Å². The molecule has 0 bridgehead atoms. The quantitative estimate of drug-likeness (QED) is 0.241. The number of carbonyl (C=O) groups excluding carboxylic acids is 1. The van der Waals surface area contributed by atoms with Crippen LogP contribution in [0.3, 0.4) is 0 Å². The number of rotatable bonds is 7. The molecule has 150 valence electrons. The number of carbonyl (C=O) groups is 1. The Hall–Kier alpha value is -3.37. The zero-order chi connectivity index (χ0) is 20.9. The summed E-state index contributed by atoms with van der Waals surface area (Å²) in [6.07, 6.45) is 1.79. The van der Waals surface area contributed by atoms with Crippen molar-refractivity contribution in [3.63, 3.8) is 0 Å². The van der Waals surface area contributed by atoms with Crippen molar-refractivity contribution in [2.24, 2.45) is 10.7 Å². The molecule has 1 aromatic heterocycles. The van der Waals surface area contributed by atoms with Crippen LogP contribution in [-0.2, 0) is 9.53 Å². The molecule has 1 unspecified atom stereocenters. The lowest BCUT2D eigenvalue weighted by Crippen LogP contribution is -2.56. The number of nitrogens with one attached hydrogen (secondary N) is 3. The first-order valence-corrected chi connectivity index (χ1v) is 8.25. The Bertz CT molecular complexity index is 839. The molecule has 11 heteroatoms. The molecule has 1 amide bonds. The van der Waals surface area contributed by atoms with E-state index in [0.29, 0.717) is 6.34 Å². The summed E-state index contributed by atoms with van der Waals surface area (Å²) >= 11 is 0. The van der Waals surface area contributed by atoms with Gasteiger partial charge < -0.3 is 20.7 Å². The van der Waals surface area contributed by atoms with Crippen LogP contribution in [0.5, 0.6) is 0 Å². The number of amidine groups is 1. The molecule has 0 spiro atoms. The van der Waals surface area contributed by atoms with Gasteiger partial charge in [0.2, 0.25) is 0 Å². The summed E-state index contributed by atoms with van der Waals surface area (Å²) in [5, 5.41) is 18.0. The van der Waals surface area contributed by atoms with Gasteiger partial charge in [-0.05, 0) is 18.6 Å². The second-order valence-corrected chi connectivity index (χ2v) is 5.93. The van der Waals surface area contributed by atoms with E-state index in [2.05, 4.69) is 15.3 Å². The zero-order valence-corrected chi connectivity index (χ0v) is 15.4. The number of pyridine rings is 1. The number of amides is 1. The molecule has 2 rings (SSSR count). The summed E-state index contributed by atoms with van der Waals surface area (Å²) in [6, 6.07) is 3.14. The Balaban J connectivity index is 2.23. The number of anilines is 1. The van der Waals surface area contributed by atoms with E-state index in [-0.39, 0.29) is 41.6 Å². The Morgan fingerprint density at radius 2 is 2.25 bits per heavy atom. The largest absolute Gasteiger partial charge is 0.482 e. The summed E-state index contributed by atoms with van der Waals surface area (Å²) in [7, 11) is 2.76. The summed E-state index contributed by atoms with van der Waals surface area (Å²) < 4.78 is 32.2. The number of nitrogens with zero attached hydrogens (tertiary/aromatic N) is 3. The lowest BCUT2D eigenvalue weighted by Gasteiger charge is -2.42. The van der Waals surface area contributed by atoms with Gasteiger partial charge >= 0.3 is 0 Å². The fourth-order valence-electron chi connectivity index (χ4n) is 2.57. The van der Waals surface area contributed by atoms with Crippen molar-refractivity contribution < 1.29 is 18.3 Å². The van der Waals surface area contributed by atoms with Gasteiger partial charge in [-0.2, -0.15) is 0 Å². The van der Waals surface area contributed by atoms with Crippen LogP contribution in [0.1, 0.15) is 18.5 Å². The van der Waals surface area contributed by atoms with E-state index in [9.17, 15) is 13.6 Å². The summed E-state index contributed by atoms with van der Waals surface area (Å²) in [4.78, 5) is 21.1. The maximum absolute atomic E-state index is 13.7. The first-order valence-electron chi connectivity index (χ1n) is 8.25. The first kappa shape index (κ1) is 20.9. The fourth-order valence-corrected chi connectivity index (χ4v) is 2.57. The molecular formula is C17H21F2N7O2. The van der Waals surface area contributed by atoms with Crippen molar-refractivity contribution in [1.82, 2.24) is 9.88 Å². The molecular weight excluding hydrogens is 372 g/mol. The van der Waals surface area contributed by atoms with Gasteiger partial charge in [-0.15, -0.1) is 0 Å². The van der Waals surface area contributed by atoms with Crippen molar-refractivity contribution >= 4 is 30.1 Å². The van der Waals surface area contributed by atoms with Crippen LogP contribution in [0.2, 0.25) is 0 Å². The highest BCUT2D eigenvalue weighted by Crippen LogP contribution is 2.41. The summed E-state index contributed by atoms with van der Waals surface area (Å²) in [5.41, 5.74) is 5.62. The highest BCUT2D eigenvalue weighted by Gasteiger charge is 2.52. The van der Waals surface area contributed by atoms with Gasteiger partial charge in [-0.3, -0.25) is 20.6 Å². The summed E-state index contributed by atoms with van der Waals surface area (Å²) in [5.74, 6) is -4.04. The molecule has 1 fully saturated rings. The standard InChI is InChI=1S/C17H21F2N7O2/c1-23-8-10(15(22)28-2)16(27)25-13-5-3-4-11(24-13)14(21)26(9-20)12-6-7-17(12,18)19/h3-5,8-9,12,20-21H,6-7,22H2,1-2H3,(H,24,25,27). The second kappa shape index (κ2) is 8.55. The molecule has 0 aliphatic heterocycles. The van der Waals surface area contributed by atoms with Gasteiger partial charge in [0.05, 0.1) is 13.4 Å². The van der Waals surface area contributed by atoms with Crippen molar-refractivity contribution in [3.8, 4) is 0 Å². The summed E-state index contributed by atoms with van der Waals surface area (Å²) in [6.45, 7) is 0. The molecule has 0 aromatic carbocycles. The van der Waals surface area contributed by atoms with Gasteiger partial charge in [0.15, 0.2) is 11.7 Å². The molecule has 0 radical (unpaired) electrons. The lowest BCUT2D eigenvalue weighted by molar-refractivity contribution is -0.120. The third kappa shape index (κ3) is 4.30. The number of aliphatic imine (C=N–C) groups is 1. The lowest BCUT2D eigenvalue weighted by atomic mass is 9.86. The van der Waals surface area contributed by atoms with Crippen molar-refractivity contribution in [3.05, 3.63) is 35.3 Å². The Labute approximate surface area is 160 Å². The third-order valence-corrected chi connectivity index (χ3v) is 4.19. The van der Waals surface area contributed by atoms with Gasteiger partial charge in [0.1, 0.15) is 23.1 Å². The molecule has 1 aromatic rings. The number of hydrogen-bond donors (Lipinski definition) is 4. The van der Waals surface area contributed by atoms with Gasteiger partial charge in [0, 0.05) is 19.7 Å². The van der Waals surface area contributed by atoms with Crippen LogP contribution in [0.15, 0.2) is 34.6 Å². The number of aromatic nitrogens is 1. The number of alkyl halides is 2. The zero-order valence-electron chi connectivity index (χ0n) is 15.4. The molecule has 28 heavy (non-hydrogen) atoms. The normalized spacial score (nSPS) is 18.6. The van der Waals surface area contributed by atoms with E-state index in [4.69, 9.17) is 21.3 Å². The van der Waals surface area contributed by atoms with Crippen molar-refractivity contribution in [2.45, 2.75) is 24.8 Å². The molecule has 5 N–H and O–H groups in total. The number of hydrogen-bond acceptors (Lipinski definition) is 7. The minimum atomic E-state index is -2.97. The topological polar surface area (TPSA) is 141 Å². The van der Waals surface area contributed by atoms with E-state index < -0.39 is 17.9 Å². The Morgan fingerprint density at radius 3 is 2.75 bits per heavy atom. The van der Waals surface area contributed by atoms with Gasteiger partial charge in [0.25, 0.3) is 11.8 Å². The predicted molar refractivity (Wildman–Crippen MR) is 101 cm³/mol. The number of ether oxygens (including phenoxy) is 1. The minimum absolute atomic E-state index is 0.0255. The van der Waals surface area contributed by atoms with E-state index in [0.717, 1.165) is 4.90 Å². The van der Waals surface area contributed by atoms with Crippen molar-refractivity contribution in [2.75, 3.05) is 19.5 Å². The van der Waals surface area contributed by atoms with Crippen molar-refractivity contribution in [1.29, 1.82) is 10.8 Å². The second-order valence-electron chi connectivity index (χ2n) is 5.93. The highest BCUT2D eigenvalue weighted by molar-refractivity contribution is 6.17.